The van der Waals surface area contributed by atoms with Crippen LogP contribution in [0.3, 0.4) is 0 Å². The summed E-state index contributed by atoms with van der Waals surface area (Å²) in [6, 6.07) is 18.7. The molecule has 180 valence electrons. The fourth-order valence-corrected chi connectivity index (χ4v) is 5.22. The van der Waals surface area contributed by atoms with Crippen molar-refractivity contribution in [3.8, 4) is 0 Å². The lowest BCUT2D eigenvalue weighted by atomic mass is 10.1. The van der Waals surface area contributed by atoms with Crippen molar-refractivity contribution in [2.45, 2.75) is 22.3 Å². The maximum Gasteiger partial charge on any atom is 0.322 e. The number of rotatable bonds is 9. The van der Waals surface area contributed by atoms with Crippen molar-refractivity contribution in [3.05, 3.63) is 90.1 Å². The largest absolute Gasteiger partial charge is 0.480 e. The van der Waals surface area contributed by atoms with Gasteiger partial charge in [0.25, 0.3) is 5.91 Å². The average molecular weight is 510 g/mol. The van der Waals surface area contributed by atoms with Crippen LogP contribution in [0.4, 0.5) is 5.69 Å². The van der Waals surface area contributed by atoms with E-state index in [1.807, 2.05) is 42.7 Å². The number of anilines is 1. The predicted octanol–water partition coefficient (Wildman–Crippen LogP) is 4.12. The van der Waals surface area contributed by atoms with E-state index in [9.17, 15) is 23.1 Å². The summed E-state index contributed by atoms with van der Waals surface area (Å²) in [5.74, 6) is -1.61. The molecule has 0 spiro atoms. The molecule has 3 aromatic carbocycles. The molecule has 4 N–H and O–H groups in total. The fraction of sp³-hybridized carbons (Fsp3) is 0.120. The third kappa shape index (κ3) is 5.73. The normalized spacial score (nSPS) is 12.4. The third-order valence-electron chi connectivity index (χ3n) is 5.47. The highest BCUT2D eigenvalue weighted by atomic mass is 32.2. The summed E-state index contributed by atoms with van der Waals surface area (Å²) in [4.78, 5) is 28.3. The molecule has 1 amide bonds. The Bertz CT molecular complexity index is 1460. The Morgan fingerprint density at radius 2 is 1.69 bits per heavy atom. The topological polar surface area (TPSA) is 128 Å². The van der Waals surface area contributed by atoms with E-state index in [-0.39, 0.29) is 17.2 Å². The van der Waals surface area contributed by atoms with Crippen LogP contribution in [0, 0.1) is 0 Å². The number of benzene rings is 3. The molecule has 1 aromatic heterocycles. The van der Waals surface area contributed by atoms with Gasteiger partial charge >= 0.3 is 5.97 Å². The molecular weight excluding hydrogens is 486 g/mol. The van der Waals surface area contributed by atoms with Crippen LogP contribution in [0.5, 0.6) is 0 Å². The number of thioether (sulfide) groups is 1. The van der Waals surface area contributed by atoms with E-state index in [2.05, 4.69) is 15.0 Å². The number of sulfonamides is 1. The molecule has 8 nitrogen and oxygen atoms in total. The summed E-state index contributed by atoms with van der Waals surface area (Å²) in [5.41, 5.74) is 2.42. The first-order valence-corrected chi connectivity index (χ1v) is 13.3. The zero-order valence-electron chi connectivity index (χ0n) is 18.7. The van der Waals surface area contributed by atoms with Gasteiger partial charge in [-0.15, -0.1) is 11.8 Å². The van der Waals surface area contributed by atoms with Crippen molar-refractivity contribution >= 4 is 50.3 Å². The minimum Gasteiger partial charge on any atom is -0.480 e. The zero-order chi connectivity index (χ0) is 25.0. The smallest absolute Gasteiger partial charge is 0.322 e. The number of nitrogens with one attached hydrogen (secondary N) is 3. The highest BCUT2D eigenvalue weighted by Crippen LogP contribution is 2.21. The Kier molecular flexibility index (Phi) is 7.25. The lowest BCUT2D eigenvalue weighted by molar-refractivity contribution is -0.138. The van der Waals surface area contributed by atoms with Gasteiger partial charge in [0.2, 0.25) is 10.0 Å². The molecule has 1 atom stereocenters. The number of para-hydroxylation sites is 1. The second-order valence-corrected chi connectivity index (χ2v) is 10.4. The number of amides is 1. The van der Waals surface area contributed by atoms with Crippen LogP contribution in [0.25, 0.3) is 10.9 Å². The standard InChI is InChI=1S/C25H23N3O5S2/c1-34-19-10-6-16(7-11-19)24(29)27-18-8-12-20(13-9-18)35(32,33)28-23(25(30)31)14-17-15-26-22-5-3-2-4-21(17)22/h2-13,15,23,26,28H,14H2,1H3,(H,27,29)(H,30,31)/t23-/m1/s1. The molecule has 4 rings (SSSR count). The van der Waals surface area contributed by atoms with Gasteiger partial charge in [0.05, 0.1) is 4.90 Å². The molecular formula is C25H23N3O5S2. The van der Waals surface area contributed by atoms with E-state index in [0.717, 1.165) is 15.8 Å². The van der Waals surface area contributed by atoms with Gasteiger partial charge in [0.1, 0.15) is 6.04 Å². The van der Waals surface area contributed by atoms with E-state index < -0.39 is 22.0 Å². The molecule has 35 heavy (non-hydrogen) atoms. The van der Waals surface area contributed by atoms with Gasteiger partial charge in [0.15, 0.2) is 0 Å². The lowest BCUT2D eigenvalue weighted by Crippen LogP contribution is -2.42. The van der Waals surface area contributed by atoms with Crippen LogP contribution in [0.15, 0.2) is 88.8 Å². The van der Waals surface area contributed by atoms with Crippen molar-refractivity contribution in [1.82, 2.24) is 9.71 Å². The molecule has 0 aliphatic rings. The number of carbonyl (C=O) groups is 2. The van der Waals surface area contributed by atoms with Gasteiger partial charge in [-0.1, -0.05) is 18.2 Å². The van der Waals surface area contributed by atoms with Crippen LogP contribution in [0.1, 0.15) is 15.9 Å². The Balaban J connectivity index is 1.46. The average Bonchev–Trinajstić information content (AvgIpc) is 3.26. The Morgan fingerprint density at radius 1 is 1.00 bits per heavy atom. The number of hydrogen-bond acceptors (Lipinski definition) is 5. The first kappa shape index (κ1) is 24.5. The van der Waals surface area contributed by atoms with E-state index in [1.54, 1.807) is 30.1 Å². The van der Waals surface area contributed by atoms with Crippen molar-refractivity contribution in [1.29, 1.82) is 0 Å². The Labute approximate surface area is 206 Å². The minimum absolute atomic E-state index is 0.0257. The molecule has 0 bridgehead atoms. The van der Waals surface area contributed by atoms with E-state index in [1.165, 1.54) is 24.3 Å². The van der Waals surface area contributed by atoms with E-state index >= 15 is 0 Å². The number of fused-ring (bicyclic) bond motifs is 1. The van der Waals surface area contributed by atoms with Gasteiger partial charge in [-0.2, -0.15) is 4.72 Å². The number of aromatic amines is 1. The summed E-state index contributed by atoms with van der Waals surface area (Å²) in [6.45, 7) is 0. The number of carbonyl (C=O) groups excluding carboxylic acids is 1. The summed E-state index contributed by atoms with van der Waals surface area (Å²) >= 11 is 1.57. The quantitative estimate of drug-likeness (QED) is 0.251. The van der Waals surface area contributed by atoms with Crippen molar-refractivity contribution in [2.75, 3.05) is 11.6 Å². The van der Waals surface area contributed by atoms with E-state index in [0.29, 0.717) is 16.8 Å². The predicted molar refractivity (Wildman–Crippen MR) is 136 cm³/mol. The van der Waals surface area contributed by atoms with Gasteiger partial charge < -0.3 is 15.4 Å². The first-order chi connectivity index (χ1) is 16.8. The Morgan fingerprint density at radius 3 is 2.34 bits per heavy atom. The summed E-state index contributed by atoms with van der Waals surface area (Å²) in [6.07, 6.45) is 3.60. The third-order valence-corrected chi connectivity index (χ3v) is 7.70. The first-order valence-electron chi connectivity index (χ1n) is 10.6. The van der Waals surface area contributed by atoms with Crippen LogP contribution in [-0.2, 0) is 21.2 Å². The van der Waals surface area contributed by atoms with Gasteiger partial charge in [-0.3, -0.25) is 9.59 Å². The van der Waals surface area contributed by atoms with E-state index in [4.69, 9.17) is 0 Å². The van der Waals surface area contributed by atoms with Crippen molar-refractivity contribution in [2.24, 2.45) is 0 Å². The number of aliphatic carboxylic acids is 1. The molecule has 0 aliphatic heterocycles. The molecule has 10 heteroatoms. The molecule has 0 saturated heterocycles. The van der Waals surface area contributed by atoms with Gasteiger partial charge in [-0.25, -0.2) is 8.42 Å². The summed E-state index contributed by atoms with van der Waals surface area (Å²) < 4.78 is 28.0. The summed E-state index contributed by atoms with van der Waals surface area (Å²) in [7, 11) is -4.12. The van der Waals surface area contributed by atoms with Gasteiger partial charge in [0, 0.05) is 39.7 Å². The van der Waals surface area contributed by atoms with Crippen LogP contribution >= 0.6 is 11.8 Å². The second kappa shape index (κ2) is 10.3. The molecule has 0 aliphatic carbocycles. The maximum absolute atomic E-state index is 12.9. The molecule has 4 aromatic rings. The van der Waals surface area contributed by atoms with Crippen molar-refractivity contribution < 1.29 is 23.1 Å². The highest BCUT2D eigenvalue weighted by molar-refractivity contribution is 7.98. The van der Waals surface area contributed by atoms with Crippen LogP contribution < -0.4 is 10.0 Å². The maximum atomic E-state index is 12.9. The zero-order valence-corrected chi connectivity index (χ0v) is 20.3. The second-order valence-electron chi connectivity index (χ2n) is 7.78. The monoisotopic (exact) mass is 509 g/mol. The summed E-state index contributed by atoms with van der Waals surface area (Å²) in [5, 5.41) is 13.2. The molecule has 1 heterocycles. The number of hydrogen-bond donors (Lipinski definition) is 4. The number of carboxylic acids is 1. The molecule has 0 saturated carbocycles. The Hall–Kier alpha value is -3.60. The molecule has 0 radical (unpaired) electrons. The van der Waals surface area contributed by atoms with Crippen LogP contribution in [-0.4, -0.2) is 42.7 Å². The SMILES string of the molecule is CSc1ccc(C(=O)Nc2ccc(S(=O)(=O)N[C@H](Cc3c[nH]c4ccccc34)C(=O)O)cc2)cc1. The number of aromatic nitrogens is 1. The van der Waals surface area contributed by atoms with Crippen LogP contribution in [0.2, 0.25) is 0 Å². The molecule has 0 fully saturated rings. The lowest BCUT2D eigenvalue weighted by Gasteiger charge is -2.15. The molecule has 0 unspecified atom stereocenters. The fourth-order valence-electron chi connectivity index (χ4n) is 3.62. The highest BCUT2D eigenvalue weighted by Gasteiger charge is 2.26. The minimum atomic E-state index is -4.12. The van der Waals surface area contributed by atoms with Crippen molar-refractivity contribution in [3.63, 3.8) is 0 Å². The number of carboxylic acid groups (broad SMARTS) is 1. The van der Waals surface area contributed by atoms with Gasteiger partial charge in [-0.05, 0) is 66.4 Å². The number of H-pyrrole nitrogens is 1.